The number of benzene rings is 1. The van der Waals surface area contributed by atoms with Crippen molar-refractivity contribution in [1.29, 1.82) is 5.41 Å². The zero-order valence-electron chi connectivity index (χ0n) is 10.7. The van der Waals surface area contributed by atoms with Crippen molar-refractivity contribution in [3.8, 4) is 0 Å². The summed E-state index contributed by atoms with van der Waals surface area (Å²) in [6.45, 7) is 3.34. The summed E-state index contributed by atoms with van der Waals surface area (Å²) in [5, 5.41) is 8.01. The van der Waals surface area contributed by atoms with Gasteiger partial charge in [0.1, 0.15) is 5.84 Å². The minimum absolute atomic E-state index is 0.0236. The third kappa shape index (κ3) is 2.78. The van der Waals surface area contributed by atoms with E-state index in [0.717, 1.165) is 12.2 Å². The number of amidine groups is 1. The number of anilines is 1. The topological polar surface area (TPSA) is 53.1 Å². The molecule has 0 amide bonds. The summed E-state index contributed by atoms with van der Waals surface area (Å²) in [7, 11) is 0. The molecule has 1 atom stereocenters. The zero-order chi connectivity index (χ0) is 13.1. The maximum Gasteiger partial charge on any atom is 0.124 e. The highest BCUT2D eigenvalue weighted by molar-refractivity contribution is 6.34. The summed E-state index contributed by atoms with van der Waals surface area (Å²) in [4.78, 5) is 2.41. The number of halogens is 1. The molecule has 3 N–H and O–H groups in total. The molecule has 0 aliphatic carbocycles. The molecule has 0 aromatic heterocycles. The van der Waals surface area contributed by atoms with Crippen molar-refractivity contribution in [2.45, 2.75) is 38.6 Å². The fourth-order valence-corrected chi connectivity index (χ4v) is 2.84. The van der Waals surface area contributed by atoms with E-state index in [1.807, 2.05) is 18.2 Å². The lowest BCUT2D eigenvalue weighted by atomic mass is 10.1. The molecular weight excluding hydrogens is 246 g/mol. The lowest BCUT2D eigenvalue weighted by molar-refractivity contribution is 0.616. The van der Waals surface area contributed by atoms with Crippen LogP contribution in [0.2, 0.25) is 5.02 Å². The molecule has 18 heavy (non-hydrogen) atoms. The highest BCUT2D eigenvalue weighted by Crippen LogP contribution is 2.28. The molecule has 2 rings (SSSR count). The van der Waals surface area contributed by atoms with Crippen molar-refractivity contribution in [2.75, 3.05) is 11.4 Å². The first kappa shape index (κ1) is 13.2. The largest absolute Gasteiger partial charge is 0.384 e. The molecule has 1 aromatic carbocycles. The second-order valence-electron chi connectivity index (χ2n) is 4.97. The third-order valence-electron chi connectivity index (χ3n) is 3.63. The Morgan fingerprint density at radius 2 is 2.17 bits per heavy atom. The van der Waals surface area contributed by atoms with E-state index in [1.165, 1.54) is 25.7 Å². The normalized spacial score (nSPS) is 20.6. The van der Waals surface area contributed by atoms with Gasteiger partial charge in [-0.15, -0.1) is 0 Å². The lowest BCUT2D eigenvalue weighted by Crippen LogP contribution is -2.32. The van der Waals surface area contributed by atoms with Crippen molar-refractivity contribution in [3.05, 3.63) is 28.8 Å². The van der Waals surface area contributed by atoms with Gasteiger partial charge in [0.05, 0.1) is 5.02 Å². The van der Waals surface area contributed by atoms with E-state index >= 15 is 0 Å². The first-order valence-corrected chi connectivity index (χ1v) is 6.88. The zero-order valence-corrected chi connectivity index (χ0v) is 11.5. The molecule has 1 aliphatic heterocycles. The first-order chi connectivity index (χ1) is 8.59. The van der Waals surface area contributed by atoms with Crippen molar-refractivity contribution in [1.82, 2.24) is 0 Å². The van der Waals surface area contributed by atoms with Crippen LogP contribution in [0.25, 0.3) is 0 Å². The summed E-state index contributed by atoms with van der Waals surface area (Å²) >= 11 is 6.18. The van der Waals surface area contributed by atoms with Gasteiger partial charge < -0.3 is 10.6 Å². The average Bonchev–Trinajstić information content (AvgIpc) is 2.53. The highest BCUT2D eigenvalue weighted by Gasteiger charge is 2.18. The van der Waals surface area contributed by atoms with Crippen molar-refractivity contribution < 1.29 is 0 Å². The van der Waals surface area contributed by atoms with Gasteiger partial charge in [-0.1, -0.05) is 24.4 Å². The predicted octanol–water partition coefficient (Wildman–Crippen LogP) is 3.39. The highest BCUT2D eigenvalue weighted by atomic mass is 35.5. The first-order valence-electron chi connectivity index (χ1n) is 6.50. The molecule has 0 saturated carbocycles. The fraction of sp³-hybridized carbons (Fsp3) is 0.500. The quantitative estimate of drug-likeness (QED) is 0.636. The Bertz CT molecular complexity index is 445. The van der Waals surface area contributed by atoms with Crippen molar-refractivity contribution in [2.24, 2.45) is 5.73 Å². The van der Waals surface area contributed by atoms with Crippen molar-refractivity contribution >= 4 is 23.1 Å². The van der Waals surface area contributed by atoms with Crippen LogP contribution in [-0.4, -0.2) is 18.4 Å². The molecular formula is C14H20ClN3. The van der Waals surface area contributed by atoms with E-state index in [4.69, 9.17) is 22.7 Å². The van der Waals surface area contributed by atoms with E-state index in [9.17, 15) is 0 Å². The van der Waals surface area contributed by atoms with Gasteiger partial charge in [0.25, 0.3) is 0 Å². The number of nitrogens with zero attached hydrogens (tertiary/aromatic N) is 1. The summed E-state index contributed by atoms with van der Waals surface area (Å²) < 4.78 is 0. The molecule has 0 bridgehead atoms. The molecule has 3 nitrogen and oxygen atoms in total. The standard InChI is InChI=1S/C14H20ClN3/c1-10-5-3-2-4-8-18(10)11-6-7-12(14(16)17)13(15)9-11/h6-7,9-10H,2-5,8H2,1H3,(H3,16,17). The summed E-state index contributed by atoms with van der Waals surface area (Å²) in [6, 6.07) is 6.34. The molecule has 4 heteroatoms. The van der Waals surface area contributed by atoms with E-state index in [0.29, 0.717) is 16.6 Å². The van der Waals surface area contributed by atoms with Gasteiger partial charge in [-0.2, -0.15) is 0 Å². The van der Waals surface area contributed by atoms with Crippen LogP contribution in [-0.2, 0) is 0 Å². The van der Waals surface area contributed by atoms with Crippen molar-refractivity contribution in [3.63, 3.8) is 0 Å². The van der Waals surface area contributed by atoms with Crippen LogP contribution < -0.4 is 10.6 Å². The van der Waals surface area contributed by atoms with E-state index in [1.54, 1.807) is 0 Å². The van der Waals surface area contributed by atoms with Crippen LogP contribution in [0.1, 0.15) is 38.2 Å². The second-order valence-corrected chi connectivity index (χ2v) is 5.38. The summed E-state index contributed by atoms with van der Waals surface area (Å²) in [5.74, 6) is 0.0236. The second kappa shape index (κ2) is 5.61. The third-order valence-corrected chi connectivity index (χ3v) is 3.94. The number of hydrogen-bond donors (Lipinski definition) is 2. The molecule has 1 fully saturated rings. The number of nitrogens with two attached hydrogens (primary N) is 1. The van der Waals surface area contributed by atoms with E-state index in [-0.39, 0.29) is 5.84 Å². The van der Waals surface area contributed by atoms with Crippen LogP contribution >= 0.6 is 11.6 Å². The average molecular weight is 266 g/mol. The number of hydrogen-bond acceptors (Lipinski definition) is 2. The molecule has 0 radical (unpaired) electrons. The fourth-order valence-electron chi connectivity index (χ4n) is 2.56. The van der Waals surface area contributed by atoms with E-state index in [2.05, 4.69) is 11.8 Å². The Kier molecular flexibility index (Phi) is 4.12. The maximum atomic E-state index is 7.45. The number of nitrogens with one attached hydrogen (secondary N) is 1. The SMILES string of the molecule is CC1CCCCCN1c1ccc(C(=N)N)c(Cl)c1. The Balaban J connectivity index is 2.27. The van der Waals surface area contributed by atoms with Gasteiger partial charge in [-0.25, -0.2) is 0 Å². The molecule has 1 aromatic rings. The number of nitrogen functional groups attached to an aromatic ring is 1. The Labute approximate surface area is 113 Å². The minimum Gasteiger partial charge on any atom is -0.384 e. The molecule has 1 unspecified atom stereocenters. The molecule has 1 heterocycles. The van der Waals surface area contributed by atoms with Crippen LogP contribution in [0.5, 0.6) is 0 Å². The van der Waals surface area contributed by atoms with Crippen LogP contribution in [0.4, 0.5) is 5.69 Å². The predicted molar refractivity (Wildman–Crippen MR) is 77.7 cm³/mol. The van der Waals surface area contributed by atoms with Gasteiger partial charge in [0, 0.05) is 23.8 Å². The van der Waals surface area contributed by atoms with Gasteiger partial charge in [0.2, 0.25) is 0 Å². The number of rotatable bonds is 2. The lowest BCUT2D eigenvalue weighted by Gasteiger charge is -2.29. The minimum atomic E-state index is 0.0236. The Hall–Kier alpha value is -1.22. The molecule has 0 spiro atoms. The summed E-state index contributed by atoms with van der Waals surface area (Å²) in [6.07, 6.45) is 5.07. The molecule has 98 valence electrons. The molecule has 1 aliphatic rings. The smallest absolute Gasteiger partial charge is 0.124 e. The monoisotopic (exact) mass is 265 g/mol. The van der Waals surface area contributed by atoms with Crippen LogP contribution in [0.15, 0.2) is 18.2 Å². The van der Waals surface area contributed by atoms with Gasteiger partial charge in [-0.3, -0.25) is 5.41 Å². The van der Waals surface area contributed by atoms with E-state index < -0.39 is 0 Å². The Morgan fingerprint density at radius 3 is 2.83 bits per heavy atom. The Morgan fingerprint density at radius 1 is 1.39 bits per heavy atom. The van der Waals surface area contributed by atoms with Gasteiger partial charge >= 0.3 is 0 Å². The van der Waals surface area contributed by atoms with Crippen LogP contribution in [0.3, 0.4) is 0 Å². The van der Waals surface area contributed by atoms with Crippen LogP contribution in [0, 0.1) is 5.41 Å². The summed E-state index contributed by atoms with van der Waals surface area (Å²) in [5.41, 5.74) is 7.23. The van der Waals surface area contributed by atoms with Gasteiger partial charge in [0.15, 0.2) is 0 Å². The molecule has 1 saturated heterocycles. The van der Waals surface area contributed by atoms with Gasteiger partial charge in [-0.05, 0) is 38.0 Å². The maximum absolute atomic E-state index is 7.45.